The first-order valence-electron chi connectivity index (χ1n) is 8.48. The van der Waals surface area contributed by atoms with E-state index in [4.69, 9.17) is 4.74 Å². The molecule has 0 aliphatic carbocycles. The lowest BCUT2D eigenvalue weighted by Gasteiger charge is -2.37. The molecule has 1 aliphatic heterocycles. The molecule has 128 valence electrons. The Morgan fingerprint density at radius 1 is 1.04 bits per heavy atom. The maximum Gasteiger partial charge on any atom is 0.162 e. The molecule has 2 aromatic rings. The van der Waals surface area contributed by atoms with Crippen molar-refractivity contribution in [2.24, 2.45) is 0 Å². The number of rotatable bonds is 4. The lowest BCUT2D eigenvalue weighted by atomic mass is 10.1. The zero-order valence-corrected chi connectivity index (χ0v) is 14.7. The summed E-state index contributed by atoms with van der Waals surface area (Å²) >= 11 is 0. The second-order valence-electron chi connectivity index (χ2n) is 6.52. The number of methoxy groups -OCH3 is 1. The number of phenols is 1. The summed E-state index contributed by atoms with van der Waals surface area (Å²) in [5.74, 6) is 0.804. The van der Waals surface area contributed by atoms with Gasteiger partial charge in [0, 0.05) is 44.0 Å². The van der Waals surface area contributed by atoms with Crippen molar-refractivity contribution in [3.63, 3.8) is 0 Å². The molecule has 0 spiro atoms. The summed E-state index contributed by atoms with van der Waals surface area (Å²) in [6, 6.07) is 12.3. The van der Waals surface area contributed by atoms with E-state index in [1.807, 2.05) is 12.1 Å². The molecule has 0 aromatic heterocycles. The third-order valence-electron chi connectivity index (χ3n) is 4.77. The predicted molar refractivity (Wildman–Crippen MR) is 98.1 cm³/mol. The largest absolute Gasteiger partial charge is 0.504 e. The van der Waals surface area contributed by atoms with Crippen molar-refractivity contribution in [3.05, 3.63) is 53.1 Å². The van der Waals surface area contributed by atoms with Crippen LogP contribution in [-0.2, 0) is 6.54 Å². The number of ether oxygens (including phenoxy) is 1. The van der Waals surface area contributed by atoms with Crippen molar-refractivity contribution >= 4 is 5.69 Å². The van der Waals surface area contributed by atoms with Crippen LogP contribution in [0.4, 0.5) is 5.69 Å². The van der Waals surface area contributed by atoms with Crippen molar-refractivity contribution in [1.29, 1.82) is 0 Å². The Kier molecular flexibility index (Phi) is 4.95. The minimum Gasteiger partial charge on any atom is -0.504 e. The monoisotopic (exact) mass is 326 g/mol. The molecule has 1 N–H and O–H groups in total. The van der Waals surface area contributed by atoms with E-state index in [0.717, 1.165) is 38.3 Å². The normalized spacial score (nSPS) is 15.5. The van der Waals surface area contributed by atoms with Gasteiger partial charge >= 0.3 is 0 Å². The minimum atomic E-state index is 0.261. The van der Waals surface area contributed by atoms with Gasteiger partial charge in [-0.25, -0.2) is 0 Å². The molecule has 0 amide bonds. The highest BCUT2D eigenvalue weighted by atomic mass is 16.5. The molecule has 24 heavy (non-hydrogen) atoms. The van der Waals surface area contributed by atoms with E-state index in [1.54, 1.807) is 13.2 Å². The average molecular weight is 326 g/mol. The number of benzene rings is 2. The van der Waals surface area contributed by atoms with Crippen molar-refractivity contribution in [2.75, 3.05) is 38.2 Å². The molecule has 4 heteroatoms. The molecule has 0 atom stereocenters. The Bertz CT molecular complexity index is 707. The van der Waals surface area contributed by atoms with Gasteiger partial charge in [-0.05, 0) is 37.1 Å². The molecule has 0 unspecified atom stereocenters. The second-order valence-corrected chi connectivity index (χ2v) is 6.52. The first kappa shape index (κ1) is 16.7. The number of aryl methyl sites for hydroxylation is 2. The summed E-state index contributed by atoms with van der Waals surface area (Å²) in [5, 5.41) is 10.3. The molecule has 1 saturated heterocycles. The van der Waals surface area contributed by atoms with E-state index >= 15 is 0 Å². The van der Waals surface area contributed by atoms with E-state index in [-0.39, 0.29) is 5.75 Å². The summed E-state index contributed by atoms with van der Waals surface area (Å²) in [4.78, 5) is 4.85. The quantitative estimate of drug-likeness (QED) is 0.935. The van der Waals surface area contributed by atoms with Crippen molar-refractivity contribution in [2.45, 2.75) is 20.4 Å². The van der Waals surface area contributed by atoms with E-state index in [1.165, 1.54) is 16.8 Å². The summed E-state index contributed by atoms with van der Waals surface area (Å²) < 4.78 is 5.20. The number of aromatic hydroxyl groups is 1. The zero-order chi connectivity index (χ0) is 17.1. The summed E-state index contributed by atoms with van der Waals surface area (Å²) in [6.07, 6.45) is 0. The first-order valence-corrected chi connectivity index (χ1v) is 8.48. The second kappa shape index (κ2) is 7.14. The number of phenolic OH excluding ortho intramolecular Hbond substituents is 1. The van der Waals surface area contributed by atoms with Crippen molar-refractivity contribution < 1.29 is 9.84 Å². The maximum atomic E-state index is 10.3. The highest BCUT2D eigenvalue weighted by Crippen LogP contribution is 2.30. The molecular weight excluding hydrogens is 300 g/mol. The third kappa shape index (κ3) is 3.49. The number of piperazine rings is 1. The molecule has 3 rings (SSSR count). The Morgan fingerprint density at radius 2 is 1.79 bits per heavy atom. The van der Waals surface area contributed by atoms with E-state index < -0.39 is 0 Å². The van der Waals surface area contributed by atoms with Crippen LogP contribution in [0.3, 0.4) is 0 Å². The maximum absolute atomic E-state index is 10.3. The van der Waals surface area contributed by atoms with Gasteiger partial charge in [0.2, 0.25) is 0 Å². The molecule has 1 fully saturated rings. The molecule has 0 bridgehead atoms. The predicted octanol–water partition coefficient (Wildman–Crippen LogP) is 3.34. The van der Waals surface area contributed by atoms with Crippen LogP contribution in [0.5, 0.6) is 11.5 Å². The lowest BCUT2D eigenvalue weighted by molar-refractivity contribution is 0.245. The Hall–Kier alpha value is -2.20. The lowest BCUT2D eigenvalue weighted by Crippen LogP contribution is -2.46. The van der Waals surface area contributed by atoms with Crippen LogP contribution >= 0.6 is 0 Å². The van der Waals surface area contributed by atoms with E-state index in [2.05, 4.69) is 41.8 Å². The highest BCUT2D eigenvalue weighted by Gasteiger charge is 2.20. The summed E-state index contributed by atoms with van der Waals surface area (Å²) in [5.41, 5.74) is 4.91. The fraction of sp³-hybridized carbons (Fsp3) is 0.400. The summed E-state index contributed by atoms with van der Waals surface area (Å²) in [6.45, 7) is 9.07. The number of hydrogen-bond donors (Lipinski definition) is 1. The summed E-state index contributed by atoms with van der Waals surface area (Å²) in [7, 11) is 1.59. The van der Waals surface area contributed by atoms with Crippen LogP contribution in [0.1, 0.15) is 16.7 Å². The topological polar surface area (TPSA) is 35.9 Å². The molecule has 1 heterocycles. The van der Waals surface area contributed by atoms with Gasteiger partial charge < -0.3 is 14.7 Å². The third-order valence-corrected chi connectivity index (χ3v) is 4.77. The standard InChI is InChI=1S/C20H26N2O2/c1-15-7-8-16(2)18(13-15)22-11-9-21(10-12-22)14-17-5-4-6-19(24-3)20(17)23/h4-8,13,23H,9-12,14H2,1-3H3. The van der Waals surface area contributed by atoms with Gasteiger partial charge in [-0.3, -0.25) is 4.90 Å². The highest BCUT2D eigenvalue weighted by molar-refractivity contribution is 5.55. The molecule has 0 saturated carbocycles. The molecule has 2 aromatic carbocycles. The van der Waals surface area contributed by atoms with Crippen LogP contribution in [0.25, 0.3) is 0 Å². The van der Waals surface area contributed by atoms with Crippen LogP contribution in [0, 0.1) is 13.8 Å². The first-order chi connectivity index (χ1) is 11.6. The number of nitrogens with zero attached hydrogens (tertiary/aromatic N) is 2. The molecule has 1 aliphatic rings. The van der Waals surface area contributed by atoms with Gasteiger partial charge in [0.15, 0.2) is 11.5 Å². The Morgan fingerprint density at radius 3 is 2.50 bits per heavy atom. The fourth-order valence-electron chi connectivity index (χ4n) is 3.31. The fourth-order valence-corrected chi connectivity index (χ4v) is 3.31. The smallest absolute Gasteiger partial charge is 0.162 e. The van der Waals surface area contributed by atoms with E-state index in [0.29, 0.717) is 5.75 Å². The van der Waals surface area contributed by atoms with E-state index in [9.17, 15) is 5.11 Å². The average Bonchev–Trinajstić information content (AvgIpc) is 2.60. The van der Waals surface area contributed by atoms with Crippen molar-refractivity contribution in [1.82, 2.24) is 4.90 Å². The van der Waals surface area contributed by atoms with Crippen LogP contribution in [-0.4, -0.2) is 43.3 Å². The van der Waals surface area contributed by atoms with Crippen LogP contribution in [0.2, 0.25) is 0 Å². The van der Waals surface area contributed by atoms with Crippen molar-refractivity contribution in [3.8, 4) is 11.5 Å². The zero-order valence-electron chi connectivity index (χ0n) is 14.7. The Labute approximate surface area is 144 Å². The molecular formula is C20H26N2O2. The van der Waals surface area contributed by atoms with Gasteiger partial charge in [0.25, 0.3) is 0 Å². The number of hydrogen-bond acceptors (Lipinski definition) is 4. The number of para-hydroxylation sites is 1. The number of anilines is 1. The Balaban J connectivity index is 1.64. The van der Waals surface area contributed by atoms with Crippen LogP contribution in [0.15, 0.2) is 36.4 Å². The SMILES string of the molecule is COc1cccc(CN2CCN(c3cc(C)ccc3C)CC2)c1O. The molecule has 0 radical (unpaired) electrons. The molecule has 4 nitrogen and oxygen atoms in total. The van der Waals surface area contributed by atoms with Gasteiger partial charge in [-0.2, -0.15) is 0 Å². The van der Waals surface area contributed by atoms with Gasteiger partial charge in [0.05, 0.1) is 7.11 Å². The van der Waals surface area contributed by atoms with Gasteiger partial charge in [-0.15, -0.1) is 0 Å². The van der Waals surface area contributed by atoms with Gasteiger partial charge in [-0.1, -0.05) is 24.3 Å². The van der Waals surface area contributed by atoms with Gasteiger partial charge in [0.1, 0.15) is 0 Å². The van der Waals surface area contributed by atoms with Crippen LogP contribution < -0.4 is 9.64 Å². The minimum absolute atomic E-state index is 0.261.